The van der Waals surface area contributed by atoms with Gasteiger partial charge in [-0.3, -0.25) is 4.98 Å². The summed E-state index contributed by atoms with van der Waals surface area (Å²) >= 11 is 0. The maximum Gasteiger partial charge on any atom is 0.126 e. The zero-order valence-corrected chi connectivity index (χ0v) is 8.49. The Hall–Kier alpha value is -1.09. The van der Waals surface area contributed by atoms with E-state index in [4.69, 9.17) is 10.5 Å². The van der Waals surface area contributed by atoms with E-state index in [9.17, 15) is 0 Å². The molecule has 14 heavy (non-hydrogen) atoms. The van der Waals surface area contributed by atoms with Crippen LogP contribution in [0.4, 0.5) is 0 Å². The first-order chi connectivity index (χ1) is 6.76. The lowest BCUT2D eigenvalue weighted by molar-refractivity contribution is 0.378. The number of nitrogens with zero attached hydrogens (tertiary/aromatic N) is 1. The van der Waals surface area contributed by atoms with Crippen molar-refractivity contribution in [1.82, 2.24) is 4.98 Å². The van der Waals surface area contributed by atoms with Crippen LogP contribution in [0.3, 0.4) is 0 Å². The molecule has 1 heterocycles. The SMILES string of the molecule is COc1ccncc1C1(N)CCCC1. The van der Waals surface area contributed by atoms with Gasteiger partial charge in [0.05, 0.1) is 7.11 Å². The zero-order chi connectivity index (χ0) is 10.0. The Balaban J connectivity index is 2.39. The summed E-state index contributed by atoms with van der Waals surface area (Å²) < 4.78 is 5.30. The van der Waals surface area contributed by atoms with Crippen molar-refractivity contribution in [2.45, 2.75) is 31.2 Å². The van der Waals surface area contributed by atoms with Gasteiger partial charge in [-0.15, -0.1) is 0 Å². The minimum atomic E-state index is -0.209. The average molecular weight is 192 g/mol. The Morgan fingerprint density at radius 3 is 2.79 bits per heavy atom. The van der Waals surface area contributed by atoms with Crippen molar-refractivity contribution in [3.8, 4) is 5.75 Å². The highest BCUT2D eigenvalue weighted by Gasteiger charge is 2.33. The van der Waals surface area contributed by atoms with Crippen molar-refractivity contribution < 1.29 is 4.74 Å². The minimum Gasteiger partial charge on any atom is -0.496 e. The minimum absolute atomic E-state index is 0.209. The second-order valence-corrected chi connectivity index (χ2v) is 3.94. The number of ether oxygens (including phenoxy) is 1. The Morgan fingerprint density at radius 2 is 2.14 bits per heavy atom. The summed E-state index contributed by atoms with van der Waals surface area (Å²) in [4.78, 5) is 4.12. The quantitative estimate of drug-likeness (QED) is 0.777. The standard InChI is InChI=1S/C11H16N2O/c1-14-10-4-7-13-8-9(10)11(12)5-2-3-6-11/h4,7-8H,2-3,5-6,12H2,1H3. The van der Waals surface area contributed by atoms with E-state index in [1.54, 1.807) is 13.3 Å². The van der Waals surface area contributed by atoms with Gasteiger partial charge in [0.15, 0.2) is 0 Å². The van der Waals surface area contributed by atoms with Crippen LogP contribution in [0.25, 0.3) is 0 Å². The summed E-state index contributed by atoms with van der Waals surface area (Å²) in [5, 5.41) is 0. The molecule has 2 N–H and O–H groups in total. The van der Waals surface area contributed by atoms with Crippen LogP contribution in [0.1, 0.15) is 31.2 Å². The Kier molecular flexibility index (Phi) is 2.42. The summed E-state index contributed by atoms with van der Waals surface area (Å²) in [5.74, 6) is 0.865. The van der Waals surface area contributed by atoms with Crippen molar-refractivity contribution in [2.24, 2.45) is 5.73 Å². The lowest BCUT2D eigenvalue weighted by Crippen LogP contribution is -2.33. The van der Waals surface area contributed by atoms with Crippen LogP contribution in [0, 0.1) is 0 Å². The summed E-state index contributed by atoms with van der Waals surface area (Å²) in [7, 11) is 1.68. The van der Waals surface area contributed by atoms with Gasteiger partial charge in [0, 0.05) is 23.5 Å². The number of methoxy groups -OCH3 is 1. The van der Waals surface area contributed by atoms with Crippen molar-refractivity contribution >= 4 is 0 Å². The summed E-state index contributed by atoms with van der Waals surface area (Å²) in [5.41, 5.74) is 7.18. The van der Waals surface area contributed by atoms with Crippen LogP contribution in [0.15, 0.2) is 18.5 Å². The Labute approximate surface area is 84.3 Å². The number of aromatic nitrogens is 1. The maximum absolute atomic E-state index is 6.34. The highest BCUT2D eigenvalue weighted by molar-refractivity contribution is 5.36. The third kappa shape index (κ3) is 1.48. The molecule has 1 aliphatic rings. The summed E-state index contributed by atoms with van der Waals surface area (Å²) in [6.07, 6.45) is 8.05. The second kappa shape index (κ2) is 3.58. The van der Waals surface area contributed by atoms with Gasteiger partial charge in [-0.05, 0) is 18.9 Å². The topological polar surface area (TPSA) is 48.1 Å². The molecule has 0 amide bonds. The molecule has 1 saturated carbocycles. The molecule has 3 heteroatoms. The monoisotopic (exact) mass is 192 g/mol. The fourth-order valence-corrected chi connectivity index (χ4v) is 2.21. The van der Waals surface area contributed by atoms with Gasteiger partial charge in [0.25, 0.3) is 0 Å². The largest absolute Gasteiger partial charge is 0.496 e. The molecule has 0 aromatic carbocycles. The third-order valence-corrected chi connectivity index (χ3v) is 3.03. The van der Waals surface area contributed by atoms with E-state index < -0.39 is 0 Å². The van der Waals surface area contributed by atoms with Crippen LogP contribution in [0.2, 0.25) is 0 Å². The highest BCUT2D eigenvalue weighted by Crippen LogP contribution is 2.39. The fourth-order valence-electron chi connectivity index (χ4n) is 2.21. The van der Waals surface area contributed by atoms with E-state index in [0.29, 0.717) is 0 Å². The molecule has 0 atom stereocenters. The maximum atomic E-state index is 6.34. The lowest BCUT2D eigenvalue weighted by Gasteiger charge is -2.25. The summed E-state index contributed by atoms with van der Waals surface area (Å²) in [6.45, 7) is 0. The van der Waals surface area contributed by atoms with Gasteiger partial charge in [-0.2, -0.15) is 0 Å². The number of nitrogens with two attached hydrogens (primary N) is 1. The molecular formula is C11H16N2O. The molecule has 0 bridgehead atoms. The number of hydrogen-bond acceptors (Lipinski definition) is 3. The molecule has 0 radical (unpaired) electrons. The Morgan fingerprint density at radius 1 is 1.43 bits per heavy atom. The number of rotatable bonds is 2. The first-order valence-electron chi connectivity index (χ1n) is 5.04. The average Bonchev–Trinajstić information content (AvgIpc) is 2.66. The molecule has 0 unspecified atom stereocenters. The van der Waals surface area contributed by atoms with E-state index in [1.807, 2.05) is 12.3 Å². The molecule has 0 spiro atoms. The van der Waals surface area contributed by atoms with Gasteiger partial charge in [0.2, 0.25) is 0 Å². The number of hydrogen-bond donors (Lipinski definition) is 1. The normalized spacial score (nSPS) is 19.6. The molecule has 1 fully saturated rings. The van der Waals surface area contributed by atoms with Crippen molar-refractivity contribution in [3.63, 3.8) is 0 Å². The van der Waals surface area contributed by atoms with E-state index in [0.717, 1.165) is 24.2 Å². The molecular weight excluding hydrogens is 176 g/mol. The van der Waals surface area contributed by atoms with Gasteiger partial charge in [-0.25, -0.2) is 0 Å². The van der Waals surface area contributed by atoms with Crippen LogP contribution in [0.5, 0.6) is 5.75 Å². The molecule has 3 nitrogen and oxygen atoms in total. The van der Waals surface area contributed by atoms with Gasteiger partial charge in [-0.1, -0.05) is 12.8 Å². The molecule has 0 saturated heterocycles. The first kappa shape index (κ1) is 9.46. The second-order valence-electron chi connectivity index (χ2n) is 3.94. The summed E-state index contributed by atoms with van der Waals surface area (Å²) in [6, 6.07) is 1.88. The predicted octanol–water partition coefficient (Wildman–Crippen LogP) is 1.82. The van der Waals surface area contributed by atoms with Crippen LogP contribution >= 0.6 is 0 Å². The van der Waals surface area contributed by atoms with E-state index in [1.165, 1.54) is 12.8 Å². The molecule has 2 rings (SSSR count). The third-order valence-electron chi connectivity index (χ3n) is 3.03. The zero-order valence-electron chi connectivity index (χ0n) is 8.49. The van der Waals surface area contributed by atoms with Crippen molar-refractivity contribution in [2.75, 3.05) is 7.11 Å². The molecule has 76 valence electrons. The van der Waals surface area contributed by atoms with Gasteiger partial charge >= 0.3 is 0 Å². The number of pyridine rings is 1. The fraction of sp³-hybridized carbons (Fsp3) is 0.545. The van der Waals surface area contributed by atoms with Crippen molar-refractivity contribution in [1.29, 1.82) is 0 Å². The van der Waals surface area contributed by atoms with Crippen LogP contribution < -0.4 is 10.5 Å². The van der Waals surface area contributed by atoms with Gasteiger partial charge in [0.1, 0.15) is 5.75 Å². The molecule has 1 aromatic heterocycles. The molecule has 1 aliphatic carbocycles. The van der Waals surface area contributed by atoms with E-state index in [-0.39, 0.29) is 5.54 Å². The Bertz CT molecular complexity index is 319. The molecule has 1 aromatic rings. The predicted molar refractivity (Wildman–Crippen MR) is 55.1 cm³/mol. The van der Waals surface area contributed by atoms with Crippen LogP contribution in [-0.4, -0.2) is 12.1 Å². The van der Waals surface area contributed by atoms with E-state index >= 15 is 0 Å². The van der Waals surface area contributed by atoms with Crippen molar-refractivity contribution in [3.05, 3.63) is 24.0 Å². The van der Waals surface area contributed by atoms with Gasteiger partial charge < -0.3 is 10.5 Å². The van der Waals surface area contributed by atoms with Crippen LogP contribution in [-0.2, 0) is 5.54 Å². The first-order valence-corrected chi connectivity index (χ1v) is 5.04. The lowest BCUT2D eigenvalue weighted by atomic mass is 9.90. The molecule has 0 aliphatic heterocycles. The smallest absolute Gasteiger partial charge is 0.126 e. The van der Waals surface area contributed by atoms with E-state index in [2.05, 4.69) is 4.98 Å². The highest BCUT2D eigenvalue weighted by atomic mass is 16.5.